The Morgan fingerprint density at radius 2 is 1.90 bits per heavy atom. The summed E-state index contributed by atoms with van der Waals surface area (Å²) in [6.45, 7) is 9.14. The predicted molar refractivity (Wildman–Crippen MR) is 124 cm³/mol. The van der Waals surface area contributed by atoms with E-state index in [2.05, 4.69) is 18.8 Å². The van der Waals surface area contributed by atoms with Crippen molar-refractivity contribution in [3.8, 4) is 0 Å². The second-order valence-corrected chi connectivity index (χ2v) is 11.6. The molecule has 3 rings (SSSR count). The highest BCUT2D eigenvalue weighted by atomic mass is 32.2. The molecular formula is C24H36N2O4S. The van der Waals surface area contributed by atoms with Crippen LogP contribution in [0, 0.1) is 5.41 Å². The number of hydrogen-bond acceptors (Lipinski definition) is 5. The molecule has 1 N–H and O–H groups in total. The van der Waals surface area contributed by atoms with Gasteiger partial charge in [0.15, 0.2) is 9.84 Å². The highest BCUT2D eigenvalue weighted by molar-refractivity contribution is 7.92. The fourth-order valence-electron chi connectivity index (χ4n) is 4.61. The van der Waals surface area contributed by atoms with Crippen LogP contribution in [0.3, 0.4) is 0 Å². The van der Waals surface area contributed by atoms with Gasteiger partial charge in [0.05, 0.1) is 10.5 Å². The van der Waals surface area contributed by atoms with Gasteiger partial charge in [-0.1, -0.05) is 43.3 Å². The van der Waals surface area contributed by atoms with Gasteiger partial charge in [0.2, 0.25) is 0 Å². The molecule has 1 aromatic carbocycles. The maximum absolute atomic E-state index is 13.3. The highest BCUT2D eigenvalue weighted by Crippen LogP contribution is 2.35. The first-order valence-corrected chi connectivity index (χ1v) is 13.0. The molecule has 0 aromatic heterocycles. The van der Waals surface area contributed by atoms with Crippen molar-refractivity contribution < 1.29 is 17.9 Å². The Morgan fingerprint density at radius 1 is 1.26 bits per heavy atom. The number of piperidine rings is 2. The molecule has 2 aliphatic rings. The maximum atomic E-state index is 13.3. The largest absolute Gasteiger partial charge is 0.445 e. The minimum atomic E-state index is -3.32. The predicted octanol–water partition coefficient (Wildman–Crippen LogP) is 3.93. The number of carbonyl (C=O) groups is 1. The number of benzene rings is 1. The monoisotopic (exact) mass is 448 g/mol. The SMILES string of the molecule is C=CC(CCC1(C)CCNCC1)S(=O)(=O)C1CCN(C(=O)OCc2ccccc2)CC1. The number of likely N-dealkylation sites (tertiary alicyclic amines) is 1. The van der Waals surface area contributed by atoms with Crippen molar-refractivity contribution in [2.75, 3.05) is 26.2 Å². The van der Waals surface area contributed by atoms with E-state index in [9.17, 15) is 13.2 Å². The van der Waals surface area contributed by atoms with Crippen LogP contribution >= 0.6 is 0 Å². The number of nitrogens with zero attached hydrogens (tertiary/aromatic N) is 1. The van der Waals surface area contributed by atoms with Gasteiger partial charge in [-0.05, 0) is 62.6 Å². The summed E-state index contributed by atoms with van der Waals surface area (Å²) < 4.78 is 31.9. The molecule has 2 heterocycles. The summed E-state index contributed by atoms with van der Waals surface area (Å²) >= 11 is 0. The summed E-state index contributed by atoms with van der Waals surface area (Å²) in [5.74, 6) is 0. The normalized spacial score (nSPS) is 20.7. The number of carbonyl (C=O) groups excluding carboxylic acids is 1. The summed E-state index contributed by atoms with van der Waals surface area (Å²) in [6, 6.07) is 9.54. The summed E-state index contributed by atoms with van der Waals surface area (Å²) in [4.78, 5) is 14.0. The van der Waals surface area contributed by atoms with Gasteiger partial charge in [-0.25, -0.2) is 13.2 Å². The minimum absolute atomic E-state index is 0.202. The van der Waals surface area contributed by atoms with E-state index in [0.717, 1.165) is 37.9 Å². The van der Waals surface area contributed by atoms with E-state index in [0.29, 0.717) is 32.4 Å². The van der Waals surface area contributed by atoms with Crippen molar-refractivity contribution in [3.63, 3.8) is 0 Å². The van der Waals surface area contributed by atoms with Gasteiger partial charge in [0.25, 0.3) is 0 Å². The summed E-state index contributed by atoms with van der Waals surface area (Å²) in [6.07, 6.45) is 5.83. The lowest BCUT2D eigenvalue weighted by Gasteiger charge is -2.36. The third kappa shape index (κ3) is 6.32. The molecule has 0 spiro atoms. The zero-order chi connectivity index (χ0) is 22.3. The number of nitrogens with one attached hydrogen (secondary N) is 1. The van der Waals surface area contributed by atoms with Crippen LogP contribution in [0.15, 0.2) is 43.0 Å². The number of sulfone groups is 1. The molecule has 172 valence electrons. The Balaban J connectivity index is 1.49. The highest BCUT2D eigenvalue weighted by Gasteiger charge is 2.37. The first-order chi connectivity index (χ1) is 14.8. The van der Waals surface area contributed by atoms with Gasteiger partial charge >= 0.3 is 6.09 Å². The minimum Gasteiger partial charge on any atom is -0.445 e. The molecular weight excluding hydrogens is 412 g/mol. The zero-order valence-electron chi connectivity index (χ0n) is 18.6. The molecule has 1 aromatic rings. The maximum Gasteiger partial charge on any atom is 0.410 e. The lowest BCUT2D eigenvalue weighted by Crippen LogP contribution is -2.44. The van der Waals surface area contributed by atoms with Crippen LogP contribution in [0.4, 0.5) is 4.79 Å². The molecule has 1 amide bonds. The van der Waals surface area contributed by atoms with Crippen LogP contribution in [0.1, 0.15) is 51.0 Å². The van der Waals surface area contributed by atoms with E-state index in [1.54, 1.807) is 11.0 Å². The van der Waals surface area contributed by atoms with Crippen LogP contribution in [0.5, 0.6) is 0 Å². The Bertz CT molecular complexity index is 826. The molecule has 0 radical (unpaired) electrons. The van der Waals surface area contributed by atoms with Crippen molar-refractivity contribution in [3.05, 3.63) is 48.6 Å². The second kappa shape index (κ2) is 10.6. The fraction of sp³-hybridized carbons (Fsp3) is 0.625. The Hall–Kier alpha value is -1.86. The first-order valence-electron chi connectivity index (χ1n) is 11.4. The molecule has 31 heavy (non-hydrogen) atoms. The molecule has 0 aliphatic carbocycles. The van der Waals surface area contributed by atoms with Crippen molar-refractivity contribution in [2.45, 2.75) is 62.6 Å². The first kappa shape index (κ1) is 23.8. The number of ether oxygens (including phenoxy) is 1. The van der Waals surface area contributed by atoms with Gasteiger partial charge in [0.1, 0.15) is 6.61 Å². The molecule has 2 fully saturated rings. The number of amides is 1. The van der Waals surface area contributed by atoms with E-state index >= 15 is 0 Å². The standard InChI is InChI=1S/C24H36N2O4S/c1-3-21(9-12-24(2)13-15-25-16-14-24)31(28,29)22-10-17-26(18-11-22)23(27)30-19-20-7-5-4-6-8-20/h3-8,21-22,25H,1,9-19H2,2H3. The number of rotatable bonds is 8. The van der Waals surface area contributed by atoms with Gasteiger partial charge in [-0.15, -0.1) is 6.58 Å². The average molecular weight is 449 g/mol. The summed E-state index contributed by atoms with van der Waals surface area (Å²) in [5, 5.41) is 2.44. The van der Waals surface area contributed by atoms with Crippen LogP contribution < -0.4 is 5.32 Å². The Labute approximate surface area is 187 Å². The Morgan fingerprint density at radius 3 is 2.52 bits per heavy atom. The summed E-state index contributed by atoms with van der Waals surface area (Å²) in [7, 11) is -3.32. The fourth-order valence-corrected chi connectivity index (χ4v) is 6.69. The third-order valence-corrected chi connectivity index (χ3v) is 9.57. The van der Waals surface area contributed by atoms with Crippen molar-refractivity contribution >= 4 is 15.9 Å². The molecule has 0 saturated carbocycles. The second-order valence-electron chi connectivity index (χ2n) is 9.19. The van der Waals surface area contributed by atoms with E-state index in [4.69, 9.17) is 4.74 Å². The van der Waals surface area contributed by atoms with Crippen LogP contribution in [0.2, 0.25) is 0 Å². The lowest BCUT2D eigenvalue weighted by atomic mass is 9.77. The molecule has 7 heteroatoms. The van der Waals surface area contributed by atoms with Gasteiger partial charge in [0, 0.05) is 13.1 Å². The van der Waals surface area contributed by atoms with Gasteiger partial charge in [-0.2, -0.15) is 0 Å². The molecule has 6 nitrogen and oxygen atoms in total. The van der Waals surface area contributed by atoms with Crippen LogP contribution in [0.25, 0.3) is 0 Å². The Kier molecular flexibility index (Phi) is 8.17. The van der Waals surface area contributed by atoms with Crippen molar-refractivity contribution in [1.29, 1.82) is 0 Å². The average Bonchev–Trinajstić information content (AvgIpc) is 2.79. The smallest absolute Gasteiger partial charge is 0.410 e. The van der Waals surface area contributed by atoms with E-state index < -0.39 is 20.3 Å². The van der Waals surface area contributed by atoms with E-state index in [-0.39, 0.29) is 18.1 Å². The topological polar surface area (TPSA) is 75.7 Å². The van der Waals surface area contributed by atoms with E-state index in [1.807, 2.05) is 30.3 Å². The van der Waals surface area contributed by atoms with Crippen LogP contribution in [-0.2, 0) is 21.2 Å². The van der Waals surface area contributed by atoms with Crippen molar-refractivity contribution in [2.24, 2.45) is 5.41 Å². The molecule has 1 unspecified atom stereocenters. The molecule has 1 atom stereocenters. The van der Waals surface area contributed by atoms with Crippen LogP contribution in [-0.4, -0.2) is 56.1 Å². The third-order valence-electron chi connectivity index (χ3n) is 6.90. The van der Waals surface area contributed by atoms with E-state index in [1.165, 1.54) is 0 Å². The zero-order valence-corrected chi connectivity index (χ0v) is 19.4. The lowest BCUT2D eigenvalue weighted by molar-refractivity contribution is 0.0897. The molecule has 0 bridgehead atoms. The summed E-state index contributed by atoms with van der Waals surface area (Å²) in [5.41, 5.74) is 1.14. The van der Waals surface area contributed by atoms with Crippen molar-refractivity contribution in [1.82, 2.24) is 10.2 Å². The number of hydrogen-bond donors (Lipinski definition) is 1. The van der Waals surface area contributed by atoms with Gasteiger partial charge < -0.3 is 15.0 Å². The quantitative estimate of drug-likeness (QED) is 0.610. The molecule has 2 saturated heterocycles. The molecule has 2 aliphatic heterocycles. The van der Waals surface area contributed by atoms with Gasteiger partial charge in [-0.3, -0.25) is 0 Å².